The Morgan fingerprint density at radius 3 is 2.65 bits per heavy atom. The van der Waals surface area contributed by atoms with Gasteiger partial charge in [-0.3, -0.25) is 0 Å². The van der Waals surface area contributed by atoms with E-state index in [0.717, 1.165) is 29.2 Å². The van der Waals surface area contributed by atoms with Crippen molar-refractivity contribution in [1.29, 1.82) is 0 Å². The zero-order valence-corrected chi connectivity index (χ0v) is 12.7. The first-order chi connectivity index (χ1) is 9.74. The first-order valence-corrected chi connectivity index (χ1v) is 7.26. The molecule has 0 aliphatic carbocycles. The molecule has 2 rings (SSSR count). The second-order valence-corrected chi connectivity index (χ2v) is 5.15. The summed E-state index contributed by atoms with van der Waals surface area (Å²) in [6.45, 7) is 2.89. The van der Waals surface area contributed by atoms with Crippen LogP contribution in [0.25, 0.3) is 0 Å². The Morgan fingerprint density at radius 2 is 1.90 bits per heavy atom. The average Bonchev–Trinajstić information content (AvgIpc) is 2.47. The highest BCUT2D eigenvalue weighted by molar-refractivity contribution is 6.30. The summed E-state index contributed by atoms with van der Waals surface area (Å²) < 4.78 is 5.37. The zero-order chi connectivity index (χ0) is 14.4. The molecule has 2 nitrogen and oxygen atoms in total. The number of aryl methyl sites for hydroxylation is 1. The fourth-order valence-corrected chi connectivity index (χ4v) is 2.45. The summed E-state index contributed by atoms with van der Waals surface area (Å²) in [7, 11) is 1.68. The molecule has 2 aromatic carbocycles. The summed E-state index contributed by atoms with van der Waals surface area (Å²) in [4.78, 5) is 0. The fourth-order valence-electron chi connectivity index (χ4n) is 2.26. The van der Waals surface area contributed by atoms with Crippen LogP contribution in [-0.2, 0) is 13.0 Å². The number of ether oxygens (including phenoxy) is 1. The van der Waals surface area contributed by atoms with E-state index in [1.165, 1.54) is 11.3 Å². The molecule has 0 bridgehead atoms. The van der Waals surface area contributed by atoms with Crippen molar-refractivity contribution in [2.75, 3.05) is 12.4 Å². The summed E-state index contributed by atoms with van der Waals surface area (Å²) in [6.07, 6.45) is 2.22. The van der Waals surface area contributed by atoms with Crippen molar-refractivity contribution in [2.45, 2.75) is 26.3 Å². The quantitative estimate of drug-likeness (QED) is 0.815. The summed E-state index contributed by atoms with van der Waals surface area (Å²) in [5.41, 5.74) is 3.58. The van der Waals surface area contributed by atoms with E-state index in [0.29, 0.717) is 6.54 Å². The summed E-state index contributed by atoms with van der Waals surface area (Å²) >= 11 is 6.05. The molecule has 0 aromatic heterocycles. The first-order valence-electron chi connectivity index (χ1n) is 6.88. The van der Waals surface area contributed by atoms with Gasteiger partial charge in [0.2, 0.25) is 0 Å². The van der Waals surface area contributed by atoms with Crippen LogP contribution in [0.1, 0.15) is 24.5 Å². The topological polar surface area (TPSA) is 21.3 Å². The van der Waals surface area contributed by atoms with Gasteiger partial charge in [0.25, 0.3) is 0 Å². The molecule has 0 heterocycles. The number of benzene rings is 2. The minimum absolute atomic E-state index is 0.699. The molecular formula is C17H20ClNO. The second-order valence-electron chi connectivity index (χ2n) is 4.72. The van der Waals surface area contributed by atoms with Crippen molar-refractivity contribution < 1.29 is 4.74 Å². The number of hydrogen-bond acceptors (Lipinski definition) is 2. The van der Waals surface area contributed by atoms with Crippen LogP contribution in [0.5, 0.6) is 5.75 Å². The molecule has 2 aromatic rings. The van der Waals surface area contributed by atoms with Gasteiger partial charge >= 0.3 is 0 Å². The largest absolute Gasteiger partial charge is 0.496 e. The van der Waals surface area contributed by atoms with E-state index in [1.807, 2.05) is 18.2 Å². The van der Waals surface area contributed by atoms with E-state index in [1.54, 1.807) is 7.11 Å². The number of hydrogen-bond donors (Lipinski definition) is 1. The van der Waals surface area contributed by atoms with Crippen LogP contribution in [0.15, 0.2) is 42.5 Å². The van der Waals surface area contributed by atoms with Crippen molar-refractivity contribution in [3.63, 3.8) is 0 Å². The molecule has 106 valence electrons. The third-order valence-corrected chi connectivity index (χ3v) is 3.48. The Hall–Kier alpha value is -1.67. The average molecular weight is 290 g/mol. The maximum absolute atomic E-state index is 6.05. The van der Waals surface area contributed by atoms with E-state index in [4.69, 9.17) is 16.3 Å². The lowest BCUT2D eigenvalue weighted by atomic mass is 10.1. The van der Waals surface area contributed by atoms with E-state index < -0.39 is 0 Å². The molecule has 0 atom stereocenters. The van der Waals surface area contributed by atoms with E-state index in [2.05, 4.69) is 36.5 Å². The molecule has 3 heteroatoms. The highest BCUT2D eigenvalue weighted by Crippen LogP contribution is 2.24. The van der Waals surface area contributed by atoms with Gasteiger partial charge in [-0.1, -0.05) is 43.1 Å². The van der Waals surface area contributed by atoms with Crippen LogP contribution >= 0.6 is 11.6 Å². The van der Waals surface area contributed by atoms with Gasteiger partial charge < -0.3 is 10.1 Å². The Bertz CT molecular complexity index is 569. The second kappa shape index (κ2) is 7.20. The molecule has 0 unspecified atom stereocenters. The van der Waals surface area contributed by atoms with Gasteiger partial charge in [-0.25, -0.2) is 0 Å². The molecule has 0 aliphatic heterocycles. The SMILES string of the molecule is CCCc1ccccc1NCc1cc(Cl)ccc1OC. The lowest BCUT2D eigenvalue weighted by Gasteiger charge is -2.14. The van der Waals surface area contributed by atoms with Crippen molar-refractivity contribution >= 4 is 17.3 Å². The Kier molecular flexibility index (Phi) is 5.31. The van der Waals surface area contributed by atoms with Gasteiger partial charge in [-0.15, -0.1) is 0 Å². The third-order valence-electron chi connectivity index (χ3n) is 3.25. The highest BCUT2D eigenvalue weighted by Gasteiger charge is 2.05. The summed E-state index contributed by atoms with van der Waals surface area (Å²) in [6, 6.07) is 14.1. The Balaban J connectivity index is 2.14. The maximum atomic E-state index is 6.05. The van der Waals surface area contributed by atoms with Gasteiger partial charge in [0.05, 0.1) is 7.11 Å². The number of nitrogens with one attached hydrogen (secondary N) is 1. The van der Waals surface area contributed by atoms with E-state index in [-0.39, 0.29) is 0 Å². The predicted molar refractivity (Wildman–Crippen MR) is 85.8 cm³/mol. The number of rotatable bonds is 6. The van der Waals surface area contributed by atoms with Crippen molar-refractivity contribution in [2.24, 2.45) is 0 Å². The molecular weight excluding hydrogens is 270 g/mol. The monoisotopic (exact) mass is 289 g/mol. The van der Waals surface area contributed by atoms with Crippen molar-refractivity contribution in [3.05, 3.63) is 58.6 Å². The fraction of sp³-hybridized carbons (Fsp3) is 0.294. The van der Waals surface area contributed by atoms with Gasteiger partial charge in [-0.2, -0.15) is 0 Å². The third kappa shape index (κ3) is 3.67. The first kappa shape index (κ1) is 14.7. The molecule has 0 spiro atoms. The summed E-state index contributed by atoms with van der Waals surface area (Å²) in [5, 5.41) is 4.20. The smallest absolute Gasteiger partial charge is 0.123 e. The normalized spacial score (nSPS) is 10.3. The van der Waals surface area contributed by atoms with Crippen LogP contribution in [0.2, 0.25) is 5.02 Å². The molecule has 0 radical (unpaired) electrons. The van der Waals surface area contributed by atoms with Gasteiger partial charge in [0.1, 0.15) is 5.75 Å². The van der Waals surface area contributed by atoms with Crippen LogP contribution in [0.3, 0.4) is 0 Å². The molecule has 0 saturated carbocycles. The van der Waals surface area contributed by atoms with Crippen LogP contribution in [0, 0.1) is 0 Å². The van der Waals surface area contributed by atoms with Crippen LogP contribution < -0.4 is 10.1 Å². The number of halogens is 1. The molecule has 20 heavy (non-hydrogen) atoms. The molecule has 0 aliphatic rings. The lowest BCUT2D eigenvalue weighted by molar-refractivity contribution is 0.410. The van der Waals surface area contributed by atoms with Gasteiger partial charge in [0, 0.05) is 22.8 Å². The predicted octanol–water partition coefficient (Wildman–Crippen LogP) is 4.91. The van der Waals surface area contributed by atoms with Crippen molar-refractivity contribution in [1.82, 2.24) is 0 Å². The minimum atomic E-state index is 0.699. The molecule has 1 N–H and O–H groups in total. The Morgan fingerprint density at radius 1 is 1.10 bits per heavy atom. The van der Waals surface area contributed by atoms with Gasteiger partial charge in [-0.05, 0) is 36.2 Å². The van der Waals surface area contributed by atoms with Crippen molar-refractivity contribution in [3.8, 4) is 5.75 Å². The van der Waals surface area contributed by atoms with E-state index in [9.17, 15) is 0 Å². The molecule has 0 amide bonds. The maximum Gasteiger partial charge on any atom is 0.123 e. The standard InChI is InChI=1S/C17H20ClNO/c1-3-6-13-7-4-5-8-16(13)19-12-14-11-15(18)9-10-17(14)20-2/h4-5,7-11,19H,3,6,12H2,1-2H3. The minimum Gasteiger partial charge on any atom is -0.496 e. The Labute approximate surface area is 125 Å². The number of para-hydroxylation sites is 1. The number of methoxy groups -OCH3 is 1. The molecule has 0 saturated heterocycles. The highest BCUT2D eigenvalue weighted by atomic mass is 35.5. The van der Waals surface area contributed by atoms with Crippen LogP contribution in [-0.4, -0.2) is 7.11 Å². The lowest BCUT2D eigenvalue weighted by Crippen LogP contribution is -2.04. The van der Waals surface area contributed by atoms with Gasteiger partial charge in [0.15, 0.2) is 0 Å². The zero-order valence-electron chi connectivity index (χ0n) is 11.9. The molecule has 0 fully saturated rings. The number of anilines is 1. The van der Waals surface area contributed by atoms with Crippen LogP contribution in [0.4, 0.5) is 5.69 Å². The van der Waals surface area contributed by atoms with E-state index >= 15 is 0 Å². The summed E-state index contributed by atoms with van der Waals surface area (Å²) in [5.74, 6) is 0.856.